The van der Waals surface area contributed by atoms with Gasteiger partial charge in [-0.1, -0.05) is 58.0 Å². The number of hydrogen-bond donors (Lipinski definition) is 1. The van der Waals surface area contributed by atoms with Crippen LogP contribution >= 0.6 is 0 Å². The normalized spacial score (nSPS) is 49.4. The molecule has 1 aromatic rings. The molecule has 2 saturated heterocycles. The van der Waals surface area contributed by atoms with Crippen LogP contribution < -0.4 is 5.73 Å². The summed E-state index contributed by atoms with van der Waals surface area (Å²) in [5.74, 6) is 4.20. The number of carbonyl (C=O) groups is 1. The van der Waals surface area contributed by atoms with Gasteiger partial charge in [0.25, 0.3) is 0 Å². The third-order valence-corrected chi connectivity index (χ3v) is 13.8. The second kappa shape index (κ2) is 10.3. The number of benzene rings is 1. The fraction of sp³-hybridized carbons (Fsp3) is 0.806. The Hall–Kier alpha value is -1.43. The molecule has 1 spiro atoms. The minimum atomic E-state index is -0.592. The van der Waals surface area contributed by atoms with Crippen molar-refractivity contribution in [3.63, 3.8) is 0 Å². The maximum absolute atomic E-state index is 12.9. The van der Waals surface area contributed by atoms with E-state index in [0.717, 1.165) is 49.2 Å². The van der Waals surface area contributed by atoms with Crippen molar-refractivity contribution >= 4 is 5.97 Å². The van der Waals surface area contributed by atoms with Gasteiger partial charge in [-0.15, -0.1) is 0 Å². The number of hydrogen-bond acceptors (Lipinski definition) is 5. The van der Waals surface area contributed by atoms with Gasteiger partial charge >= 0.3 is 5.97 Å². The molecular weight excluding hydrogens is 510 g/mol. The van der Waals surface area contributed by atoms with Crippen LogP contribution in [0.1, 0.15) is 97.5 Å². The van der Waals surface area contributed by atoms with E-state index in [2.05, 4.69) is 27.7 Å². The van der Waals surface area contributed by atoms with E-state index in [1.54, 1.807) is 0 Å². The molecule has 41 heavy (non-hydrogen) atoms. The van der Waals surface area contributed by atoms with Crippen LogP contribution in [0.4, 0.5) is 0 Å². The highest BCUT2D eigenvalue weighted by atomic mass is 16.7. The van der Waals surface area contributed by atoms with E-state index in [9.17, 15) is 4.79 Å². The van der Waals surface area contributed by atoms with Crippen molar-refractivity contribution in [2.45, 2.75) is 122 Å². The third kappa shape index (κ3) is 4.54. The van der Waals surface area contributed by atoms with Gasteiger partial charge in [0.05, 0.1) is 12.7 Å². The first-order chi connectivity index (χ1) is 19.6. The molecule has 6 aliphatic rings. The lowest BCUT2D eigenvalue weighted by Gasteiger charge is -2.61. The summed E-state index contributed by atoms with van der Waals surface area (Å²) >= 11 is 0. The minimum Gasteiger partial charge on any atom is -0.461 e. The predicted molar refractivity (Wildman–Crippen MR) is 160 cm³/mol. The molecule has 6 fully saturated rings. The molecule has 4 saturated carbocycles. The standard InChI is InChI=1S/C36H53NO4/c1-22-12-17-36(39-21-22)23(2)32-31(41-36)20-29-27-11-10-25-19-26(13-15-34(25,3)28(27)14-16-35(29,32)4)40-33(38)30(37)18-24-8-6-5-7-9-24/h5-9,22-23,25-32H,10-21,37H2,1-4H3/t22-,23+,25?,26-,27?,28?,29?,30?,31?,32?,34+,35+,36-/m1/s1. The van der Waals surface area contributed by atoms with Gasteiger partial charge < -0.3 is 19.9 Å². The molecule has 0 aromatic heterocycles. The maximum atomic E-state index is 12.9. The van der Waals surface area contributed by atoms with E-state index in [1.807, 2.05) is 30.3 Å². The lowest BCUT2D eigenvalue weighted by molar-refractivity contribution is -0.273. The third-order valence-electron chi connectivity index (χ3n) is 13.8. The SMILES string of the molecule is C[C@@H]1CC[C@@]2(OC1)OC1CC3C4CCC5C[C@H](OC(=O)C(N)Cc6ccccc6)CC[C@]5(C)C4CC[C@]3(C)C1[C@@H]2C. The molecule has 5 heteroatoms. The summed E-state index contributed by atoms with van der Waals surface area (Å²) < 4.78 is 19.6. The summed E-state index contributed by atoms with van der Waals surface area (Å²) in [7, 11) is 0. The molecule has 0 bridgehead atoms. The zero-order chi connectivity index (χ0) is 28.6. The van der Waals surface area contributed by atoms with Crippen LogP contribution in [0, 0.1) is 52.3 Å². The molecule has 4 aliphatic carbocycles. The smallest absolute Gasteiger partial charge is 0.323 e. The van der Waals surface area contributed by atoms with E-state index in [0.29, 0.717) is 47.0 Å². The van der Waals surface area contributed by atoms with E-state index < -0.39 is 6.04 Å². The molecule has 1 aromatic carbocycles. The first-order valence-corrected chi connectivity index (χ1v) is 16.9. The molecule has 0 radical (unpaired) electrons. The van der Waals surface area contributed by atoms with Crippen molar-refractivity contribution in [3.05, 3.63) is 35.9 Å². The molecule has 13 atom stereocenters. The lowest BCUT2D eigenvalue weighted by Crippen LogP contribution is -2.55. The van der Waals surface area contributed by atoms with Crippen molar-refractivity contribution < 1.29 is 19.0 Å². The molecule has 2 N–H and O–H groups in total. The van der Waals surface area contributed by atoms with Gasteiger partial charge in [-0.25, -0.2) is 0 Å². The monoisotopic (exact) mass is 563 g/mol. The van der Waals surface area contributed by atoms with Gasteiger partial charge in [-0.05, 0) is 116 Å². The second-order valence-electron chi connectivity index (χ2n) is 15.8. The quantitative estimate of drug-likeness (QED) is 0.403. The summed E-state index contributed by atoms with van der Waals surface area (Å²) in [6.07, 6.45) is 12.9. The van der Waals surface area contributed by atoms with Gasteiger partial charge in [0, 0.05) is 12.3 Å². The Kier molecular flexibility index (Phi) is 7.15. The first-order valence-electron chi connectivity index (χ1n) is 16.9. The van der Waals surface area contributed by atoms with Crippen LogP contribution in [0.2, 0.25) is 0 Å². The van der Waals surface area contributed by atoms with Crippen LogP contribution in [0.15, 0.2) is 30.3 Å². The highest BCUT2D eigenvalue weighted by Crippen LogP contribution is 2.71. The Morgan fingerprint density at radius 1 is 0.976 bits per heavy atom. The van der Waals surface area contributed by atoms with Crippen LogP contribution in [0.25, 0.3) is 0 Å². The number of nitrogens with two attached hydrogens (primary N) is 1. The average Bonchev–Trinajstić information content (AvgIpc) is 3.40. The number of fused-ring (bicyclic) bond motifs is 7. The van der Waals surface area contributed by atoms with Crippen molar-refractivity contribution in [2.24, 2.45) is 58.0 Å². The zero-order valence-corrected chi connectivity index (χ0v) is 25.9. The Bertz CT molecular complexity index is 1120. The predicted octanol–water partition coefficient (Wildman–Crippen LogP) is 6.91. The Labute approximate surface area is 247 Å². The topological polar surface area (TPSA) is 70.8 Å². The number of ether oxygens (including phenoxy) is 3. The van der Waals surface area contributed by atoms with Gasteiger partial charge in [-0.2, -0.15) is 0 Å². The Morgan fingerprint density at radius 2 is 1.76 bits per heavy atom. The van der Waals surface area contributed by atoms with Gasteiger partial charge in [0.15, 0.2) is 5.79 Å². The average molecular weight is 564 g/mol. The molecule has 2 heterocycles. The van der Waals surface area contributed by atoms with Crippen LogP contribution in [-0.2, 0) is 25.4 Å². The summed E-state index contributed by atoms with van der Waals surface area (Å²) in [6.45, 7) is 10.8. The highest BCUT2D eigenvalue weighted by molar-refractivity contribution is 5.76. The largest absolute Gasteiger partial charge is 0.461 e. The van der Waals surface area contributed by atoms with Crippen LogP contribution in [-0.4, -0.2) is 36.6 Å². The molecule has 226 valence electrons. The van der Waals surface area contributed by atoms with Crippen molar-refractivity contribution in [2.75, 3.05) is 6.61 Å². The zero-order valence-electron chi connectivity index (χ0n) is 25.9. The van der Waals surface area contributed by atoms with Crippen LogP contribution in [0.5, 0.6) is 0 Å². The molecule has 2 aliphatic heterocycles. The highest BCUT2D eigenvalue weighted by Gasteiger charge is 2.69. The maximum Gasteiger partial charge on any atom is 0.323 e. The summed E-state index contributed by atoms with van der Waals surface area (Å²) in [5, 5.41) is 0. The Balaban J connectivity index is 1.00. The fourth-order valence-corrected chi connectivity index (χ4v) is 11.5. The molecule has 5 nitrogen and oxygen atoms in total. The summed E-state index contributed by atoms with van der Waals surface area (Å²) in [5.41, 5.74) is 8.09. The summed E-state index contributed by atoms with van der Waals surface area (Å²) in [4.78, 5) is 12.9. The van der Waals surface area contributed by atoms with E-state index >= 15 is 0 Å². The van der Waals surface area contributed by atoms with Crippen molar-refractivity contribution in [1.82, 2.24) is 0 Å². The molecule has 7 rings (SSSR count). The van der Waals surface area contributed by atoms with E-state index in [4.69, 9.17) is 19.9 Å². The molecular formula is C36H53NO4. The van der Waals surface area contributed by atoms with Gasteiger partial charge in [0.2, 0.25) is 0 Å². The van der Waals surface area contributed by atoms with Crippen LogP contribution in [0.3, 0.4) is 0 Å². The van der Waals surface area contributed by atoms with Gasteiger partial charge in [0.1, 0.15) is 12.1 Å². The van der Waals surface area contributed by atoms with Crippen molar-refractivity contribution in [1.29, 1.82) is 0 Å². The second-order valence-corrected chi connectivity index (χ2v) is 15.8. The van der Waals surface area contributed by atoms with Gasteiger partial charge in [-0.3, -0.25) is 4.79 Å². The van der Waals surface area contributed by atoms with E-state index in [-0.39, 0.29) is 17.9 Å². The minimum absolute atomic E-state index is 0.0160. The summed E-state index contributed by atoms with van der Waals surface area (Å²) in [6, 6.07) is 9.44. The Morgan fingerprint density at radius 3 is 2.51 bits per heavy atom. The molecule has 7 unspecified atom stereocenters. The fourth-order valence-electron chi connectivity index (χ4n) is 11.5. The molecule has 0 amide bonds. The number of carbonyl (C=O) groups excluding carboxylic acids is 1. The lowest BCUT2D eigenvalue weighted by atomic mass is 9.44. The van der Waals surface area contributed by atoms with Crippen molar-refractivity contribution in [3.8, 4) is 0 Å². The first kappa shape index (κ1) is 28.3. The van der Waals surface area contributed by atoms with E-state index in [1.165, 1.54) is 44.9 Å². The number of rotatable bonds is 4. The number of esters is 1.